The molecule has 0 spiro atoms. The van der Waals surface area contributed by atoms with Crippen molar-refractivity contribution < 1.29 is 4.79 Å². The molecule has 21 heavy (non-hydrogen) atoms. The second kappa shape index (κ2) is 6.57. The highest BCUT2D eigenvalue weighted by atomic mass is 16.1. The van der Waals surface area contributed by atoms with E-state index in [1.807, 2.05) is 16.8 Å². The van der Waals surface area contributed by atoms with Crippen molar-refractivity contribution in [3.05, 3.63) is 54.1 Å². The summed E-state index contributed by atoms with van der Waals surface area (Å²) in [6, 6.07) is 8.34. The molecule has 110 valence electrons. The molecule has 1 aromatic carbocycles. The van der Waals surface area contributed by atoms with Crippen molar-refractivity contribution in [3.8, 4) is 0 Å². The van der Waals surface area contributed by atoms with E-state index in [4.69, 9.17) is 0 Å². The fourth-order valence-corrected chi connectivity index (χ4v) is 3.04. The molecule has 0 radical (unpaired) electrons. The van der Waals surface area contributed by atoms with Crippen molar-refractivity contribution in [2.45, 2.75) is 38.1 Å². The van der Waals surface area contributed by atoms with Crippen LogP contribution in [0, 0.1) is 0 Å². The van der Waals surface area contributed by atoms with Gasteiger partial charge in [0.05, 0.1) is 12.2 Å². The number of nitrogens with one attached hydrogen (secondary N) is 1. The summed E-state index contributed by atoms with van der Waals surface area (Å²) in [6.45, 7) is 1.61. The predicted molar refractivity (Wildman–Crippen MR) is 82.0 cm³/mol. The highest BCUT2D eigenvalue weighted by Crippen LogP contribution is 2.31. The molecule has 0 bridgehead atoms. The zero-order chi connectivity index (χ0) is 14.5. The number of fused-ring (bicyclic) bond motifs is 1. The number of hydrogen-bond donors (Lipinski definition) is 1. The zero-order valence-electron chi connectivity index (χ0n) is 12.2. The third kappa shape index (κ3) is 3.32. The Balaban J connectivity index is 1.52. The lowest BCUT2D eigenvalue weighted by Gasteiger charge is -2.24. The number of aryl methyl sites for hydroxylation is 2. The number of imidazole rings is 1. The minimum absolute atomic E-state index is 0.0307. The molecule has 4 heteroatoms. The molecule has 0 unspecified atom stereocenters. The van der Waals surface area contributed by atoms with Crippen LogP contribution in [0.2, 0.25) is 0 Å². The van der Waals surface area contributed by atoms with Gasteiger partial charge in [-0.1, -0.05) is 24.3 Å². The summed E-state index contributed by atoms with van der Waals surface area (Å²) in [5.41, 5.74) is 2.55. The van der Waals surface area contributed by atoms with E-state index >= 15 is 0 Å². The quantitative estimate of drug-likeness (QED) is 0.857. The van der Waals surface area contributed by atoms with Crippen molar-refractivity contribution in [3.63, 3.8) is 0 Å². The molecule has 1 aliphatic carbocycles. The van der Waals surface area contributed by atoms with Gasteiger partial charge in [0, 0.05) is 25.5 Å². The van der Waals surface area contributed by atoms with Crippen LogP contribution in [0.25, 0.3) is 0 Å². The molecule has 0 saturated carbocycles. The van der Waals surface area contributed by atoms with Gasteiger partial charge in [-0.05, 0) is 36.8 Å². The van der Waals surface area contributed by atoms with E-state index in [2.05, 4.69) is 28.5 Å². The van der Waals surface area contributed by atoms with Crippen LogP contribution in [0.1, 0.15) is 36.3 Å². The summed E-state index contributed by atoms with van der Waals surface area (Å²) >= 11 is 0. The SMILES string of the molecule is O=C(NCCCn1ccnc1)[C@@H]1CCCc2ccccc21. The highest BCUT2D eigenvalue weighted by Gasteiger charge is 2.25. The maximum absolute atomic E-state index is 12.4. The first-order valence-electron chi connectivity index (χ1n) is 7.66. The minimum Gasteiger partial charge on any atom is -0.356 e. The highest BCUT2D eigenvalue weighted by molar-refractivity contribution is 5.84. The summed E-state index contributed by atoms with van der Waals surface area (Å²) in [6.07, 6.45) is 9.61. The monoisotopic (exact) mass is 283 g/mol. The van der Waals surface area contributed by atoms with Gasteiger partial charge in [0.2, 0.25) is 5.91 Å². The predicted octanol–water partition coefficient (Wildman–Crippen LogP) is 2.51. The van der Waals surface area contributed by atoms with E-state index in [1.165, 1.54) is 11.1 Å². The molecule has 0 saturated heterocycles. The molecule has 4 nitrogen and oxygen atoms in total. The average molecular weight is 283 g/mol. The molecule has 0 aliphatic heterocycles. The molecular formula is C17H21N3O. The standard InChI is InChI=1S/C17H21N3O/c21-17(19-9-4-11-20-12-10-18-13-20)16-8-3-6-14-5-1-2-7-15(14)16/h1-2,5,7,10,12-13,16H,3-4,6,8-9,11H2,(H,19,21)/t16-/m1/s1. The largest absolute Gasteiger partial charge is 0.356 e. The Kier molecular flexibility index (Phi) is 4.34. The number of rotatable bonds is 5. The van der Waals surface area contributed by atoms with Crippen LogP contribution < -0.4 is 5.32 Å². The van der Waals surface area contributed by atoms with Gasteiger partial charge >= 0.3 is 0 Å². The van der Waals surface area contributed by atoms with Crippen LogP contribution in [-0.2, 0) is 17.8 Å². The van der Waals surface area contributed by atoms with E-state index in [9.17, 15) is 4.79 Å². The number of amides is 1. The molecular weight excluding hydrogens is 262 g/mol. The Morgan fingerprint density at radius 3 is 3.14 bits per heavy atom. The Hall–Kier alpha value is -2.10. The number of carbonyl (C=O) groups excluding carboxylic acids is 1. The Morgan fingerprint density at radius 1 is 1.38 bits per heavy atom. The lowest BCUT2D eigenvalue weighted by Crippen LogP contribution is -2.32. The lowest BCUT2D eigenvalue weighted by atomic mass is 9.82. The van der Waals surface area contributed by atoms with Gasteiger partial charge in [-0.3, -0.25) is 4.79 Å². The molecule has 1 aliphatic rings. The number of hydrogen-bond acceptors (Lipinski definition) is 2. The topological polar surface area (TPSA) is 46.9 Å². The van der Waals surface area contributed by atoms with Gasteiger partial charge in [-0.25, -0.2) is 4.98 Å². The van der Waals surface area contributed by atoms with Crippen LogP contribution in [0.4, 0.5) is 0 Å². The normalized spacial score (nSPS) is 17.2. The molecule has 3 rings (SSSR count). The third-order valence-electron chi connectivity index (χ3n) is 4.14. The molecule has 1 amide bonds. The number of aromatic nitrogens is 2. The molecule has 1 heterocycles. The van der Waals surface area contributed by atoms with E-state index in [-0.39, 0.29) is 11.8 Å². The lowest BCUT2D eigenvalue weighted by molar-refractivity contribution is -0.122. The smallest absolute Gasteiger partial charge is 0.227 e. The van der Waals surface area contributed by atoms with Crippen molar-refractivity contribution in [1.29, 1.82) is 0 Å². The molecule has 0 fully saturated rings. The first kappa shape index (κ1) is 13.9. The molecule has 2 aromatic rings. The third-order valence-corrected chi connectivity index (χ3v) is 4.14. The van der Waals surface area contributed by atoms with Gasteiger partial charge < -0.3 is 9.88 Å². The number of benzene rings is 1. The van der Waals surface area contributed by atoms with Gasteiger partial charge in [-0.2, -0.15) is 0 Å². The maximum atomic E-state index is 12.4. The number of carbonyl (C=O) groups is 1. The summed E-state index contributed by atoms with van der Waals surface area (Å²) in [7, 11) is 0. The van der Waals surface area contributed by atoms with E-state index in [1.54, 1.807) is 12.5 Å². The summed E-state index contributed by atoms with van der Waals surface area (Å²) < 4.78 is 2.03. The number of nitrogens with zero attached hydrogens (tertiary/aromatic N) is 2. The zero-order valence-corrected chi connectivity index (χ0v) is 12.2. The van der Waals surface area contributed by atoms with Gasteiger partial charge in [-0.15, -0.1) is 0 Å². The second-order valence-electron chi connectivity index (χ2n) is 5.59. The second-order valence-corrected chi connectivity index (χ2v) is 5.59. The fourth-order valence-electron chi connectivity index (χ4n) is 3.04. The first-order valence-corrected chi connectivity index (χ1v) is 7.66. The van der Waals surface area contributed by atoms with E-state index in [0.717, 1.165) is 38.8 Å². The molecule has 1 N–H and O–H groups in total. The first-order chi connectivity index (χ1) is 10.3. The Bertz CT molecular complexity index is 592. The summed E-state index contributed by atoms with van der Waals surface area (Å²) in [4.78, 5) is 16.4. The minimum atomic E-state index is 0.0307. The van der Waals surface area contributed by atoms with Crippen molar-refractivity contribution in [1.82, 2.24) is 14.9 Å². The van der Waals surface area contributed by atoms with Crippen LogP contribution in [0.15, 0.2) is 43.0 Å². The van der Waals surface area contributed by atoms with Crippen LogP contribution in [-0.4, -0.2) is 22.0 Å². The van der Waals surface area contributed by atoms with Gasteiger partial charge in [0.25, 0.3) is 0 Å². The van der Waals surface area contributed by atoms with Crippen molar-refractivity contribution in [2.24, 2.45) is 0 Å². The van der Waals surface area contributed by atoms with Crippen LogP contribution in [0.5, 0.6) is 0 Å². The fraction of sp³-hybridized carbons (Fsp3) is 0.412. The van der Waals surface area contributed by atoms with Gasteiger partial charge in [0.15, 0.2) is 0 Å². The average Bonchev–Trinajstić information content (AvgIpc) is 3.04. The van der Waals surface area contributed by atoms with Crippen molar-refractivity contribution in [2.75, 3.05) is 6.54 Å². The molecule has 1 aromatic heterocycles. The molecule has 1 atom stereocenters. The van der Waals surface area contributed by atoms with E-state index in [0.29, 0.717) is 0 Å². The van der Waals surface area contributed by atoms with Crippen LogP contribution in [0.3, 0.4) is 0 Å². The Morgan fingerprint density at radius 2 is 2.29 bits per heavy atom. The maximum Gasteiger partial charge on any atom is 0.227 e. The van der Waals surface area contributed by atoms with Gasteiger partial charge in [0.1, 0.15) is 0 Å². The Labute approximate surface area is 125 Å². The summed E-state index contributed by atoms with van der Waals surface area (Å²) in [5, 5.41) is 3.08. The van der Waals surface area contributed by atoms with Crippen molar-refractivity contribution >= 4 is 5.91 Å². The van der Waals surface area contributed by atoms with Crippen LogP contribution >= 0.6 is 0 Å². The van der Waals surface area contributed by atoms with E-state index < -0.39 is 0 Å². The summed E-state index contributed by atoms with van der Waals surface area (Å²) in [5.74, 6) is 0.205.